The molecule has 3 rings (SSSR count). The minimum atomic E-state index is -3.95. The van der Waals surface area contributed by atoms with Gasteiger partial charge in [-0.3, -0.25) is 9.10 Å². The lowest BCUT2D eigenvalue weighted by Crippen LogP contribution is -2.41. The van der Waals surface area contributed by atoms with Gasteiger partial charge in [-0.15, -0.1) is 0 Å². The molecule has 1 amide bonds. The number of anilines is 1. The fourth-order valence-electron chi connectivity index (χ4n) is 3.62. The second kappa shape index (κ2) is 12.5. The van der Waals surface area contributed by atoms with Gasteiger partial charge >= 0.3 is 0 Å². The summed E-state index contributed by atoms with van der Waals surface area (Å²) in [6.07, 6.45) is 0.799. The Bertz CT molecular complexity index is 1260. The molecule has 0 radical (unpaired) electrons. The van der Waals surface area contributed by atoms with E-state index in [0.717, 1.165) is 27.8 Å². The van der Waals surface area contributed by atoms with Gasteiger partial charge < -0.3 is 5.32 Å². The van der Waals surface area contributed by atoms with Gasteiger partial charge in [0.25, 0.3) is 10.0 Å². The molecule has 0 bridgehead atoms. The van der Waals surface area contributed by atoms with Gasteiger partial charge in [0.15, 0.2) is 0 Å². The normalized spacial score (nSPS) is 11.3. The zero-order valence-electron chi connectivity index (χ0n) is 20.3. The zero-order valence-corrected chi connectivity index (χ0v) is 22.6. The zero-order chi connectivity index (χ0) is 25.4. The topological polar surface area (TPSA) is 66.5 Å². The van der Waals surface area contributed by atoms with Crippen molar-refractivity contribution in [3.63, 3.8) is 0 Å². The van der Waals surface area contributed by atoms with E-state index in [-0.39, 0.29) is 17.3 Å². The molecule has 35 heavy (non-hydrogen) atoms. The summed E-state index contributed by atoms with van der Waals surface area (Å²) in [6.45, 7) is 5.93. The molecule has 0 saturated heterocycles. The van der Waals surface area contributed by atoms with Gasteiger partial charge in [-0.2, -0.15) is 11.8 Å². The smallest absolute Gasteiger partial charge is 0.264 e. The maximum Gasteiger partial charge on any atom is 0.264 e. The standard InChI is InChI=1S/C27H31ClN2O3S2/c1-20-8-11-25(12-9-20)35(32,33)30(26-13-10-24(28)17-22(26)3)18-27(31)29-14-5-15-34-19-23-7-4-6-21(2)16-23/h4,6-13,16-17H,5,14-15,18-19H2,1-3H3,(H,29,31). The predicted molar refractivity (Wildman–Crippen MR) is 147 cm³/mol. The van der Waals surface area contributed by atoms with Gasteiger partial charge in [-0.1, -0.05) is 59.1 Å². The van der Waals surface area contributed by atoms with E-state index >= 15 is 0 Å². The fraction of sp³-hybridized carbons (Fsp3) is 0.296. The Kier molecular flexibility index (Phi) is 9.66. The van der Waals surface area contributed by atoms with Crippen LogP contribution in [0.15, 0.2) is 71.6 Å². The summed E-state index contributed by atoms with van der Waals surface area (Å²) in [6, 6.07) is 20.0. The Hall–Kier alpha value is -2.48. The summed E-state index contributed by atoms with van der Waals surface area (Å²) >= 11 is 7.90. The first-order valence-electron chi connectivity index (χ1n) is 11.4. The third kappa shape index (κ3) is 7.75. The first-order chi connectivity index (χ1) is 16.7. The van der Waals surface area contributed by atoms with Crippen molar-refractivity contribution in [2.75, 3.05) is 23.1 Å². The molecule has 0 heterocycles. The maximum absolute atomic E-state index is 13.5. The molecular weight excluding hydrogens is 500 g/mol. The number of amides is 1. The summed E-state index contributed by atoms with van der Waals surface area (Å²) in [5.41, 5.74) is 4.59. The van der Waals surface area contributed by atoms with Crippen LogP contribution in [0.25, 0.3) is 0 Å². The predicted octanol–water partition coefficient (Wildman–Crippen LogP) is 5.90. The van der Waals surface area contributed by atoms with E-state index in [9.17, 15) is 13.2 Å². The molecular formula is C27H31ClN2O3S2. The molecule has 0 atom stereocenters. The van der Waals surface area contributed by atoms with Crippen molar-refractivity contribution in [3.05, 3.63) is 94.0 Å². The monoisotopic (exact) mass is 530 g/mol. The molecule has 5 nitrogen and oxygen atoms in total. The number of hydrogen-bond donors (Lipinski definition) is 1. The van der Waals surface area contributed by atoms with E-state index < -0.39 is 10.0 Å². The minimum absolute atomic E-state index is 0.137. The van der Waals surface area contributed by atoms with Crippen LogP contribution in [0.2, 0.25) is 5.02 Å². The second-order valence-corrected chi connectivity index (χ2v) is 11.9. The lowest BCUT2D eigenvalue weighted by Gasteiger charge is -2.26. The van der Waals surface area contributed by atoms with E-state index in [0.29, 0.717) is 22.8 Å². The summed E-state index contributed by atoms with van der Waals surface area (Å²) in [5.74, 6) is 1.47. The number of aryl methyl sites for hydroxylation is 3. The van der Waals surface area contributed by atoms with Crippen LogP contribution in [0.5, 0.6) is 0 Å². The van der Waals surface area contributed by atoms with Gasteiger partial charge in [0.2, 0.25) is 5.91 Å². The summed E-state index contributed by atoms with van der Waals surface area (Å²) in [7, 11) is -3.95. The van der Waals surface area contributed by atoms with Crippen LogP contribution in [0.4, 0.5) is 5.69 Å². The Balaban J connectivity index is 1.62. The van der Waals surface area contributed by atoms with Crippen LogP contribution in [0, 0.1) is 20.8 Å². The number of nitrogens with zero attached hydrogens (tertiary/aromatic N) is 1. The second-order valence-electron chi connectivity index (χ2n) is 8.50. The average molecular weight is 531 g/mol. The Morgan fingerprint density at radius 2 is 1.71 bits per heavy atom. The molecule has 0 spiro atoms. The van der Waals surface area contributed by atoms with Gasteiger partial charge in [0.05, 0.1) is 10.6 Å². The molecule has 186 valence electrons. The number of carbonyl (C=O) groups excluding carboxylic acids is 1. The Labute approximate surface area is 217 Å². The number of hydrogen-bond acceptors (Lipinski definition) is 4. The van der Waals surface area contributed by atoms with E-state index in [1.807, 2.05) is 18.7 Å². The van der Waals surface area contributed by atoms with E-state index in [4.69, 9.17) is 11.6 Å². The van der Waals surface area contributed by atoms with Gasteiger partial charge in [0.1, 0.15) is 6.54 Å². The Morgan fingerprint density at radius 3 is 2.40 bits per heavy atom. The fourth-order valence-corrected chi connectivity index (χ4v) is 6.24. The van der Waals surface area contributed by atoms with Crippen LogP contribution in [-0.2, 0) is 20.6 Å². The van der Waals surface area contributed by atoms with Crippen LogP contribution < -0.4 is 9.62 Å². The third-order valence-electron chi connectivity index (χ3n) is 5.46. The number of sulfonamides is 1. The summed E-state index contributed by atoms with van der Waals surface area (Å²) in [5, 5.41) is 3.38. The molecule has 0 aromatic heterocycles. The van der Waals surface area contributed by atoms with Gasteiger partial charge in [-0.25, -0.2) is 8.42 Å². The van der Waals surface area contributed by atoms with Crippen molar-refractivity contribution in [1.82, 2.24) is 5.32 Å². The number of halogens is 1. The molecule has 8 heteroatoms. The van der Waals surface area contributed by atoms with Crippen molar-refractivity contribution in [2.24, 2.45) is 0 Å². The summed E-state index contributed by atoms with van der Waals surface area (Å²) < 4.78 is 28.2. The largest absolute Gasteiger partial charge is 0.354 e. The lowest BCUT2D eigenvalue weighted by molar-refractivity contribution is -0.119. The first-order valence-corrected chi connectivity index (χ1v) is 14.4. The highest BCUT2D eigenvalue weighted by Gasteiger charge is 2.28. The van der Waals surface area contributed by atoms with E-state index in [2.05, 4.69) is 36.5 Å². The Morgan fingerprint density at radius 1 is 0.971 bits per heavy atom. The summed E-state index contributed by atoms with van der Waals surface area (Å²) in [4.78, 5) is 12.9. The molecule has 1 N–H and O–H groups in total. The van der Waals surface area contributed by atoms with Crippen molar-refractivity contribution in [2.45, 2.75) is 37.8 Å². The van der Waals surface area contributed by atoms with E-state index in [1.54, 1.807) is 49.4 Å². The third-order valence-corrected chi connectivity index (χ3v) is 8.59. The van der Waals surface area contributed by atoms with E-state index in [1.165, 1.54) is 11.1 Å². The average Bonchev–Trinajstić information content (AvgIpc) is 2.80. The number of rotatable bonds is 11. The first kappa shape index (κ1) is 27.1. The molecule has 0 saturated carbocycles. The highest BCUT2D eigenvalue weighted by Crippen LogP contribution is 2.29. The van der Waals surface area contributed by atoms with Crippen molar-refractivity contribution >= 4 is 45.0 Å². The number of nitrogens with one attached hydrogen (secondary N) is 1. The molecule has 0 fully saturated rings. The molecule has 0 aliphatic rings. The number of thioether (sulfide) groups is 1. The molecule has 3 aromatic rings. The van der Waals surface area contributed by atoms with Crippen LogP contribution in [0.1, 0.15) is 28.7 Å². The lowest BCUT2D eigenvalue weighted by atomic mass is 10.2. The molecule has 0 aliphatic carbocycles. The van der Waals surface area contributed by atoms with Gasteiger partial charge in [-0.05, 0) is 74.4 Å². The SMILES string of the molecule is Cc1ccc(S(=O)(=O)N(CC(=O)NCCCSCc2cccc(C)c2)c2ccc(Cl)cc2C)cc1. The van der Waals surface area contributed by atoms with Crippen molar-refractivity contribution < 1.29 is 13.2 Å². The van der Waals surface area contributed by atoms with Crippen LogP contribution >= 0.6 is 23.4 Å². The number of benzene rings is 3. The van der Waals surface area contributed by atoms with Crippen LogP contribution in [0.3, 0.4) is 0 Å². The quantitative estimate of drug-likeness (QED) is 0.313. The molecule has 0 unspecified atom stereocenters. The highest BCUT2D eigenvalue weighted by molar-refractivity contribution is 7.98. The van der Waals surface area contributed by atoms with Crippen molar-refractivity contribution in [1.29, 1.82) is 0 Å². The maximum atomic E-state index is 13.5. The minimum Gasteiger partial charge on any atom is -0.354 e. The number of carbonyl (C=O) groups is 1. The molecule has 3 aromatic carbocycles. The van der Waals surface area contributed by atoms with Crippen molar-refractivity contribution in [3.8, 4) is 0 Å². The molecule has 0 aliphatic heterocycles. The van der Waals surface area contributed by atoms with Crippen LogP contribution in [-0.4, -0.2) is 33.2 Å². The highest BCUT2D eigenvalue weighted by atomic mass is 35.5. The van der Waals surface area contributed by atoms with Gasteiger partial charge in [0, 0.05) is 17.3 Å².